The number of aromatic hydroxyl groups is 1. The Hall–Kier alpha value is -1.07. The maximum Gasteiger partial charge on any atom is 0.120 e. The lowest BCUT2D eigenvalue weighted by atomic mass is 10.2. The first-order valence-corrected chi connectivity index (χ1v) is 6.56. The number of phenols is 1. The average molecular weight is 358 g/mol. The van der Waals surface area contributed by atoms with Gasteiger partial charge in [-0.3, -0.25) is 0 Å². The van der Waals surface area contributed by atoms with Crippen LogP contribution in [0.25, 0.3) is 0 Å². The van der Waals surface area contributed by atoms with Crippen molar-refractivity contribution >= 4 is 37.5 Å². The summed E-state index contributed by atoms with van der Waals surface area (Å²) in [6.45, 7) is 0.550. The Morgan fingerprint density at radius 1 is 1.18 bits per heavy atom. The summed E-state index contributed by atoms with van der Waals surface area (Å²) in [4.78, 5) is 4.11. The number of phenolic OH excluding ortho intramolecular Hbond substituents is 1. The minimum absolute atomic E-state index is 0.283. The van der Waals surface area contributed by atoms with Gasteiger partial charge in [0.25, 0.3) is 0 Å². The van der Waals surface area contributed by atoms with Gasteiger partial charge in [0.2, 0.25) is 0 Å². The molecule has 1 aromatic carbocycles. The largest absolute Gasteiger partial charge is 0.508 e. The summed E-state index contributed by atoms with van der Waals surface area (Å²) in [5.41, 5.74) is 1.75. The molecule has 17 heavy (non-hydrogen) atoms. The molecule has 88 valence electrons. The van der Waals surface area contributed by atoms with Gasteiger partial charge in [0, 0.05) is 16.6 Å². The summed E-state index contributed by atoms with van der Waals surface area (Å²) in [5.74, 6) is 0.283. The molecular weight excluding hydrogens is 348 g/mol. The second kappa shape index (κ2) is 5.51. The Kier molecular flexibility index (Phi) is 4.02. The van der Waals surface area contributed by atoms with Crippen LogP contribution in [-0.4, -0.2) is 10.1 Å². The van der Waals surface area contributed by atoms with Crippen molar-refractivity contribution in [2.24, 2.45) is 0 Å². The topological polar surface area (TPSA) is 45.1 Å². The first-order chi connectivity index (χ1) is 8.15. The Bertz CT molecular complexity index is 514. The van der Waals surface area contributed by atoms with E-state index in [1.54, 1.807) is 18.3 Å². The number of nitrogens with zero attached hydrogens (tertiary/aromatic N) is 1. The van der Waals surface area contributed by atoms with Crippen LogP contribution in [0.1, 0.15) is 5.56 Å². The van der Waals surface area contributed by atoms with Gasteiger partial charge < -0.3 is 10.4 Å². The number of hydrogen-bond donors (Lipinski definition) is 2. The van der Waals surface area contributed by atoms with Gasteiger partial charge in [-0.05, 0) is 46.3 Å². The monoisotopic (exact) mass is 356 g/mol. The molecule has 0 radical (unpaired) electrons. The highest BCUT2D eigenvalue weighted by Gasteiger charge is 2.02. The van der Waals surface area contributed by atoms with Crippen molar-refractivity contribution in [3.8, 4) is 5.75 Å². The molecule has 0 amide bonds. The van der Waals surface area contributed by atoms with Crippen molar-refractivity contribution in [3.63, 3.8) is 0 Å². The molecule has 0 aliphatic rings. The van der Waals surface area contributed by atoms with Gasteiger partial charge in [-0.1, -0.05) is 15.9 Å². The number of anilines is 1. The SMILES string of the molecule is Oc1ccc(Br)cc1CNc1ccc(Br)nc1. The van der Waals surface area contributed by atoms with Crippen LogP contribution in [0, 0.1) is 0 Å². The van der Waals surface area contributed by atoms with E-state index in [-0.39, 0.29) is 5.75 Å². The summed E-state index contributed by atoms with van der Waals surface area (Å²) < 4.78 is 1.74. The predicted molar refractivity (Wildman–Crippen MR) is 75.1 cm³/mol. The zero-order valence-corrected chi connectivity index (χ0v) is 12.0. The zero-order valence-electron chi connectivity index (χ0n) is 8.82. The van der Waals surface area contributed by atoms with Gasteiger partial charge in [0.1, 0.15) is 10.4 Å². The van der Waals surface area contributed by atoms with Crippen LogP contribution in [0.2, 0.25) is 0 Å². The molecule has 0 aliphatic carbocycles. The minimum Gasteiger partial charge on any atom is -0.508 e. The maximum atomic E-state index is 9.67. The highest BCUT2D eigenvalue weighted by Crippen LogP contribution is 2.22. The molecule has 2 rings (SSSR count). The number of aromatic nitrogens is 1. The molecular formula is C12H10Br2N2O. The molecule has 2 N–H and O–H groups in total. The third kappa shape index (κ3) is 3.44. The van der Waals surface area contributed by atoms with Gasteiger partial charge in [-0.15, -0.1) is 0 Å². The molecule has 0 unspecified atom stereocenters. The molecule has 0 atom stereocenters. The Labute approximate surface area is 116 Å². The van der Waals surface area contributed by atoms with Crippen LogP contribution < -0.4 is 5.32 Å². The predicted octanol–water partition coefficient (Wildman–Crippen LogP) is 3.92. The number of rotatable bonds is 3. The quantitative estimate of drug-likeness (QED) is 0.818. The fourth-order valence-electron chi connectivity index (χ4n) is 1.37. The first-order valence-electron chi connectivity index (χ1n) is 4.98. The van der Waals surface area contributed by atoms with Crippen LogP contribution in [-0.2, 0) is 6.54 Å². The highest BCUT2D eigenvalue weighted by molar-refractivity contribution is 9.10. The Balaban J connectivity index is 2.07. The number of pyridine rings is 1. The smallest absolute Gasteiger partial charge is 0.120 e. The molecule has 1 heterocycles. The van der Waals surface area contributed by atoms with E-state index in [0.717, 1.165) is 20.3 Å². The summed E-state index contributed by atoms with van der Waals surface area (Å²) in [7, 11) is 0. The van der Waals surface area contributed by atoms with E-state index in [1.807, 2.05) is 18.2 Å². The number of nitrogens with one attached hydrogen (secondary N) is 1. The van der Waals surface area contributed by atoms with Crippen molar-refractivity contribution < 1.29 is 5.11 Å². The number of halogens is 2. The summed E-state index contributed by atoms with van der Waals surface area (Å²) in [6.07, 6.45) is 1.74. The van der Waals surface area contributed by atoms with Crippen LogP contribution in [0.3, 0.4) is 0 Å². The lowest BCUT2D eigenvalue weighted by Gasteiger charge is -2.08. The molecule has 0 aliphatic heterocycles. The molecule has 1 aromatic heterocycles. The second-order valence-electron chi connectivity index (χ2n) is 3.50. The molecule has 0 saturated heterocycles. The molecule has 3 nitrogen and oxygen atoms in total. The van der Waals surface area contributed by atoms with E-state index < -0.39 is 0 Å². The molecule has 0 fully saturated rings. The Morgan fingerprint density at radius 2 is 2.00 bits per heavy atom. The Morgan fingerprint density at radius 3 is 2.71 bits per heavy atom. The van der Waals surface area contributed by atoms with Gasteiger partial charge in [-0.25, -0.2) is 4.98 Å². The summed E-state index contributed by atoms with van der Waals surface area (Å²) in [6, 6.07) is 9.14. The van der Waals surface area contributed by atoms with Gasteiger partial charge in [0.05, 0.1) is 11.9 Å². The van der Waals surface area contributed by atoms with Crippen molar-refractivity contribution in [1.29, 1.82) is 0 Å². The van der Waals surface area contributed by atoms with Crippen molar-refractivity contribution in [2.75, 3.05) is 5.32 Å². The van der Waals surface area contributed by atoms with Crippen LogP contribution in [0.4, 0.5) is 5.69 Å². The van der Waals surface area contributed by atoms with Gasteiger partial charge in [0.15, 0.2) is 0 Å². The summed E-state index contributed by atoms with van der Waals surface area (Å²) in [5, 5.41) is 12.9. The van der Waals surface area contributed by atoms with Gasteiger partial charge in [-0.2, -0.15) is 0 Å². The molecule has 2 aromatic rings. The minimum atomic E-state index is 0.283. The average Bonchev–Trinajstić information content (AvgIpc) is 2.32. The van der Waals surface area contributed by atoms with E-state index in [9.17, 15) is 5.11 Å². The maximum absolute atomic E-state index is 9.67. The third-order valence-electron chi connectivity index (χ3n) is 2.25. The second-order valence-corrected chi connectivity index (χ2v) is 5.22. The first kappa shape index (κ1) is 12.4. The normalized spacial score (nSPS) is 10.2. The van der Waals surface area contributed by atoms with E-state index in [2.05, 4.69) is 42.2 Å². The lowest BCUT2D eigenvalue weighted by Crippen LogP contribution is -2.00. The van der Waals surface area contributed by atoms with Crippen LogP contribution in [0.5, 0.6) is 5.75 Å². The number of benzene rings is 1. The third-order valence-corrected chi connectivity index (χ3v) is 3.21. The number of hydrogen-bond acceptors (Lipinski definition) is 3. The van der Waals surface area contributed by atoms with E-state index >= 15 is 0 Å². The highest BCUT2D eigenvalue weighted by atomic mass is 79.9. The molecule has 0 spiro atoms. The van der Waals surface area contributed by atoms with Crippen molar-refractivity contribution in [2.45, 2.75) is 6.54 Å². The van der Waals surface area contributed by atoms with Crippen LogP contribution >= 0.6 is 31.9 Å². The molecule has 0 bridgehead atoms. The van der Waals surface area contributed by atoms with Crippen LogP contribution in [0.15, 0.2) is 45.6 Å². The summed E-state index contributed by atoms with van der Waals surface area (Å²) >= 11 is 6.65. The fourth-order valence-corrected chi connectivity index (χ4v) is 2.02. The zero-order chi connectivity index (χ0) is 12.3. The van der Waals surface area contributed by atoms with Crippen molar-refractivity contribution in [3.05, 3.63) is 51.2 Å². The fraction of sp³-hybridized carbons (Fsp3) is 0.0833. The van der Waals surface area contributed by atoms with Crippen molar-refractivity contribution in [1.82, 2.24) is 4.98 Å². The standard InChI is InChI=1S/C12H10Br2N2O/c13-9-1-3-11(17)8(5-9)6-15-10-2-4-12(14)16-7-10/h1-5,7,15,17H,6H2. The van der Waals surface area contributed by atoms with E-state index in [1.165, 1.54) is 0 Å². The molecule has 0 saturated carbocycles. The molecule has 5 heteroatoms. The van der Waals surface area contributed by atoms with E-state index in [0.29, 0.717) is 6.54 Å². The van der Waals surface area contributed by atoms with E-state index in [4.69, 9.17) is 0 Å². The lowest BCUT2D eigenvalue weighted by molar-refractivity contribution is 0.469. The van der Waals surface area contributed by atoms with Gasteiger partial charge >= 0.3 is 0 Å².